The van der Waals surface area contributed by atoms with Crippen LogP contribution in [-0.2, 0) is 0 Å². The lowest BCUT2D eigenvalue weighted by Gasteiger charge is -2.25. The van der Waals surface area contributed by atoms with Crippen molar-refractivity contribution in [3.05, 3.63) is 23.8 Å². The fourth-order valence-corrected chi connectivity index (χ4v) is 4.17. The number of nitrogens with one attached hydrogen (secondary N) is 1. The van der Waals surface area contributed by atoms with Crippen LogP contribution in [0, 0.1) is 23.7 Å². The summed E-state index contributed by atoms with van der Waals surface area (Å²) in [5.74, 6) is 5.08. The van der Waals surface area contributed by atoms with Gasteiger partial charge in [0.15, 0.2) is 11.5 Å². The van der Waals surface area contributed by atoms with Gasteiger partial charge in [0, 0.05) is 12.0 Å². The molecule has 4 atom stereocenters. The molecule has 0 bridgehead atoms. The van der Waals surface area contributed by atoms with Gasteiger partial charge in [0.1, 0.15) is 0 Å². The number of ether oxygens (including phenoxy) is 2. The van der Waals surface area contributed by atoms with Crippen LogP contribution in [0.1, 0.15) is 37.8 Å². The molecule has 4 rings (SSSR count). The van der Waals surface area contributed by atoms with E-state index in [1.807, 2.05) is 0 Å². The third-order valence-corrected chi connectivity index (χ3v) is 5.44. The molecular formula is C18H25NO2. The van der Waals surface area contributed by atoms with Crippen molar-refractivity contribution in [1.29, 1.82) is 0 Å². The second kappa shape index (κ2) is 5.20. The van der Waals surface area contributed by atoms with Crippen LogP contribution in [0.15, 0.2) is 18.2 Å². The van der Waals surface area contributed by atoms with E-state index >= 15 is 0 Å². The second-order valence-corrected chi connectivity index (χ2v) is 7.19. The Kier molecular flexibility index (Phi) is 3.33. The first-order valence-corrected chi connectivity index (χ1v) is 8.31. The van der Waals surface area contributed by atoms with Gasteiger partial charge in [0.25, 0.3) is 0 Å². The van der Waals surface area contributed by atoms with Crippen molar-refractivity contribution < 1.29 is 9.47 Å². The lowest BCUT2D eigenvalue weighted by molar-refractivity contribution is 0.228. The highest BCUT2D eigenvalue weighted by Crippen LogP contribution is 2.57. The molecule has 3 heteroatoms. The highest BCUT2D eigenvalue weighted by Gasteiger charge is 2.47. The fourth-order valence-electron chi connectivity index (χ4n) is 4.17. The average Bonchev–Trinajstić information content (AvgIpc) is 3.16. The largest absolute Gasteiger partial charge is 0.489 e. The summed E-state index contributed by atoms with van der Waals surface area (Å²) in [6.45, 7) is 3.65. The highest BCUT2D eigenvalue weighted by molar-refractivity contribution is 5.44. The van der Waals surface area contributed by atoms with Gasteiger partial charge in [0.2, 0.25) is 0 Å². The molecule has 0 radical (unpaired) electrons. The van der Waals surface area contributed by atoms with Crippen molar-refractivity contribution in [3.63, 3.8) is 0 Å². The number of rotatable bonds is 3. The Morgan fingerprint density at radius 2 is 1.76 bits per heavy atom. The topological polar surface area (TPSA) is 30.5 Å². The Labute approximate surface area is 127 Å². The van der Waals surface area contributed by atoms with Crippen LogP contribution >= 0.6 is 0 Å². The van der Waals surface area contributed by atoms with Gasteiger partial charge in [-0.1, -0.05) is 13.0 Å². The lowest BCUT2D eigenvalue weighted by Crippen LogP contribution is -2.24. The fraction of sp³-hybridized carbons (Fsp3) is 0.667. The van der Waals surface area contributed by atoms with Crippen molar-refractivity contribution in [2.45, 2.75) is 32.2 Å². The first-order valence-electron chi connectivity index (χ1n) is 8.31. The molecule has 114 valence electrons. The number of hydrogen-bond acceptors (Lipinski definition) is 3. The smallest absolute Gasteiger partial charge is 0.161 e. The monoisotopic (exact) mass is 287 g/mol. The lowest BCUT2D eigenvalue weighted by atomic mass is 9.89. The normalized spacial score (nSPS) is 35.0. The summed E-state index contributed by atoms with van der Waals surface area (Å²) in [6, 6.07) is 6.94. The molecule has 2 fully saturated rings. The minimum atomic E-state index is 0.447. The molecular weight excluding hydrogens is 262 g/mol. The molecule has 0 saturated heterocycles. The van der Waals surface area contributed by atoms with Gasteiger partial charge < -0.3 is 14.8 Å². The molecule has 21 heavy (non-hydrogen) atoms. The summed E-state index contributed by atoms with van der Waals surface area (Å²) >= 11 is 0. The van der Waals surface area contributed by atoms with Gasteiger partial charge in [-0.25, -0.2) is 0 Å². The maximum Gasteiger partial charge on any atom is 0.161 e. The maximum atomic E-state index is 5.94. The van der Waals surface area contributed by atoms with Gasteiger partial charge >= 0.3 is 0 Å². The Hall–Kier alpha value is -1.22. The van der Waals surface area contributed by atoms with E-state index in [2.05, 4.69) is 37.5 Å². The predicted octanol–water partition coefficient (Wildman–Crippen LogP) is 3.40. The van der Waals surface area contributed by atoms with E-state index in [4.69, 9.17) is 9.47 Å². The van der Waals surface area contributed by atoms with E-state index in [1.165, 1.54) is 24.8 Å². The van der Waals surface area contributed by atoms with E-state index in [-0.39, 0.29) is 0 Å². The molecule has 4 unspecified atom stereocenters. The molecule has 1 heterocycles. The zero-order valence-electron chi connectivity index (χ0n) is 13.0. The van der Waals surface area contributed by atoms with Crippen LogP contribution in [0.5, 0.6) is 11.5 Å². The van der Waals surface area contributed by atoms with Crippen molar-refractivity contribution in [2.75, 3.05) is 20.3 Å². The SMILES string of the molecule is CNC(c1ccc2c(c1)OCC(C)CO2)C1CC2CC2C1. The predicted molar refractivity (Wildman–Crippen MR) is 82.7 cm³/mol. The molecule has 1 aromatic carbocycles. The molecule has 1 aliphatic heterocycles. The first-order chi connectivity index (χ1) is 10.2. The third-order valence-electron chi connectivity index (χ3n) is 5.44. The number of benzene rings is 1. The van der Waals surface area contributed by atoms with E-state index in [0.717, 1.165) is 42.5 Å². The van der Waals surface area contributed by atoms with Crippen molar-refractivity contribution in [3.8, 4) is 11.5 Å². The first kappa shape index (κ1) is 13.4. The molecule has 0 amide bonds. The van der Waals surface area contributed by atoms with Crippen LogP contribution in [0.4, 0.5) is 0 Å². The van der Waals surface area contributed by atoms with Crippen LogP contribution in [0.25, 0.3) is 0 Å². The van der Waals surface area contributed by atoms with Crippen molar-refractivity contribution in [2.24, 2.45) is 23.7 Å². The highest BCUT2D eigenvalue weighted by atomic mass is 16.5. The summed E-state index contributed by atoms with van der Waals surface area (Å²) in [5, 5.41) is 3.54. The van der Waals surface area contributed by atoms with E-state index in [0.29, 0.717) is 12.0 Å². The molecule has 1 aromatic rings. The van der Waals surface area contributed by atoms with Crippen LogP contribution in [0.3, 0.4) is 0 Å². The van der Waals surface area contributed by atoms with Gasteiger partial charge in [-0.05, 0) is 61.8 Å². The summed E-state index contributed by atoms with van der Waals surface area (Å²) in [7, 11) is 2.08. The quantitative estimate of drug-likeness (QED) is 0.924. The van der Waals surface area contributed by atoms with Crippen molar-refractivity contribution >= 4 is 0 Å². The molecule has 0 aromatic heterocycles. The minimum absolute atomic E-state index is 0.447. The molecule has 3 aliphatic rings. The van der Waals surface area contributed by atoms with Crippen molar-refractivity contribution in [1.82, 2.24) is 5.32 Å². The van der Waals surface area contributed by atoms with Crippen LogP contribution in [-0.4, -0.2) is 20.3 Å². The van der Waals surface area contributed by atoms with E-state index < -0.39 is 0 Å². The Morgan fingerprint density at radius 1 is 1.05 bits per heavy atom. The zero-order chi connectivity index (χ0) is 14.4. The van der Waals surface area contributed by atoms with E-state index in [1.54, 1.807) is 0 Å². The van der Waals surface area contributed by atoms with Gasteiger partial charge in [0.05, 0.1) is 13.2 Å². The van der Waals surface area contributed by atoms with Gasteiger partial charge in [-0.3, -0.25) is 0 Å². The second-order valence-electron chi connectivity index (χ2n) is 7.19. The van der Waals surface area contributed by atoms with Crippen LogP contribution in [0.2, 0.25) is 0 Å². The number of hydrogen-bond donors (Lipinski definition) is 1. The minimum Gasteiger partial charge on any atom is -0.489 e. The standard InChI is InChI=1S/C18H25NO2/c1-11-9-20-16-4-3-12(8-17(16)21-10-11)18(19-2)15-6-13-5-14(13)7-15/h3-4,8,11,13-15,18-19H,5-7,9-10H2,1-2H3. The summed E-state index contributed by atoms with van der Waals surface area (Å²) < 4.78 is 11.8. The Balaban J connectivity index is 1.56. The maximum absolute atomic E-state index is 5.94. The Bertz CT molecular complexity index is 520. The summed E-state index contributed by atoms with van der Waals surface area (Å²) in [6.07, 6.45) is 4.26. The summed E-state index contributed by atoms with van der Waals surface area (Å²) in [5.41, 5.74) is 1.35. The molecule has 2 saturated carbocycles. The third kappa shape index (κ3) is 2.52. The van der Waals surface area contributed by atoms with Crippen LogP contribution < -0.4 is 14.8 Å². The number of fused-ring (bicyclic) bond motifs is 2. The molecule has 1 N–H and O–H groups in total. The molecule has 3 nitrogen and oxygen atoms in total. The van der Waals surface area contributed by atoms with E-state index in [9.17, 15) is 0 Å². The molecule has 0 spiro atoms. The Morgan fingerprint density at radius 3 is 2.48 bits per heavy atom. The average molecular weight is 287 g/mol. The van der Waals surface area contributed by atoms with Gasteiger partial charge in [-0.2, -0.15) is 0 Å². The van der Waals surface area contributed by atoms with Gasteiger partial charge in [-0.15, -0.1) is 0 Å². The summed E-state index contributed by atoms with van der Waals surface area (Å²) in [4.78, 5) is 0. The zero-order valence-corrected chi connectivity index (χ0v) is 13.0. The molecule has 2 aliphatic carbocycles.